The zero-order valence-corrected chi connectivity index (χ0v) is 13.9. The molecule has 0 aliphatic carbocycles. The van der Waals surface area contributed by atoms with Gasteiger partial charge in [0.1, 0.15) is 5.75 Å². The van der Waals surface area contributed by atoms with Crippen molar-refractivity contribution in [3.05, 3.63) is 18.2 Å². The Morgan fingerprint density at radius 1 is 1.38 bits per heavy atom. The van der Waals surface area contributed by atoms with Crippen molar-refractivity contribution in [1.29, 1.82) is 0 Å². The molecule has 0 radical (unpaired) electrons. The van der Waals surface area contributed by atoms with E-state index >= 15 is 0 Å². The predicted molar refractivity (Wildman–Crippen MR) is 85.5 cm³/mol. The highest BCUT2D eigenvalue weighted by atomic mass is 32.2. The van der Waals surface area contributed by atoms with Crippen LogP contribution in [0.15, 0.2) is 23.1 Å². The Balaban J connectivity index is 1.51. The van der Waals surface area contributed by atoms with Gasteiger partial charge in [0.25, 0.3) is 5.91 Å². The van der Waals surface area contributed by atoms with Crippen LogP contribution < -0.4 is 14.8 Å². The molecule has 1 aromatic carbocycles. The van der Waals surface area contributed by atoms with E-state index in [2.05, 4.69) is 10.0 Å². The smallest absolute Gasteiger partial charge is 0.262 e. The standard InChI is InChI=1S/C15H20N2O6S/c18-15-10-23-14-4-3-12(8-13(14)17-15)24(19,20)16-5-7-21-9-11-2-1-6-22-11/h3-4,8,11,16H,1-2,5-7,9-10H2,(H,17,18)/t11-/m1/s1. The Labute approximate surface area is 140 Å². The summed E-state index contributed by atoms with van der Waals surface area (Å²) in [6, 6.07) is 4.34. The van der Waals surface area contributed by atoms with Gasteiger partial charge >= 0.3 is 0 Å². The quantitative estimate of drug-likeness (QED) is 0.690. The highest BCUT2D eigenvalue weighted by Crippen LogP contribution is 2.29. The number of amides is 1. The van der Waals surface area contributed by atoms with Crippen molar-refractivity contribution in [3.8, 4) is 5.75 Å². The van der Waals surface area contributed by atoms with Crippen LogP contribution in [0.3, 0.4) is 0 Å². The maximum Gasteiger partial charge on any atom is 0.262 e. The molecule has 1 saturated heterocycles. The summed E-state index contributed by atoms with van der Waals surface area (Å²) in [5.74, 6) is 0.140. The van der Waals surface area contributed by atoms with Crippen molar-refractivity contribution in [2.75, 3.05) is 38.3 Å². The largest absolute Gasteiger partial charge is 0.482 e. The summed E-state index contributed by atoms with van der Waals surface area (Å²) in [6.07, 6.45) is 2.14. The highest BCUT2D eigenvalue weighted by Gasteiger charge is 2.21. The molecular formula is C15H20N2O6S. The van der Waals surface area contributed by atoms with Crippen LogP contribution in [-0.4, -0.2) is 53.4 Å². The monoisotopic (exact) mass is 356 g/mol. The first-order valence-corrected chi connectivity index (χ1v) is 9.29. The second-order valence-corrected chi connectivity index (χ2v) is 7.37. The van der Waals surface area contributed by atoms with Crippen molar-refractivity contribution in [1.82, 2.24) is 4.72 Å². The normalized spacial score (nSPS) is 20.3. The Hall–Kier alpha value is -1.68. The lowest BCUT2D eigenvalue weighted by Crippen LogP contribution is -2.29. The van der Waals surface area contributed by atoms with Crippen molar-refractivity contribution in [2.45, 2.75) is 23.8 Å². The average molecular weight is 356 g/mol. The summed E-state index contributed by atoms with van der Waals surface area (Å²) in [4.78, 5) is 11.4. The number of hydrogen-bond donors (Lipinski definition) is 2. The minimum Gasteiger partial charge on any atom is -0.482 e. The fourth-order valence-electron chi connectivity index (χ4n) is 2.55. The van der Waals surface area contributed by atoms with Crippen molar-refractivity contribution in [2.24, 2.45) is 0 Å². The van der Waals surface area contributed by atoms with E-state index < -0.39 is 10.0 Å². The second kappa shape index (κ2) is 7.47. The van der Waals surface area contributed by atoms with Crippen LogP contribution in [0, 0.1) is 0 Å². The van der Waals surface area contributed by atoms with Crippen LogP contribution in [0.5, 0.6) is 5.75 Å². The molecule has 1 aromatic rings. The molecule has 0 spiro atoms. The van der Waals surface area contributed by atoms with Crippen LogP contribution >= 0.6 is 0 Å². The van der Waals surface area contributed by atoms with E-state index in [-0.39, 0.29) is 36.7 Å². The molecule has 1 fully saturated rings. The molecule has 0 saturated carbocycles. The third-order valence-electron chi connectivity index (χ3n) is 3.76. The summed E-state index contributed by atoms with van der Waals surface area (Å²) in [5.41, 5.74) is 0.351. The molecule has 1 atom stereocenters. The van der Waals surface area contributed by atoms with Gasteiger partial charge in [-0.05, 0) is 31.0 Å². The number of fused-ring (bicyclic) bond motifs is 1. The molecule has 132 valence electrons. The molecule has 8 nitrogen and oxygen atoms in total. The van der Waals surface area contributed by atoms with Gasteiger partial charge in [0.2, 0.25) is 10.0 Å². The van der Waals surface area contributed by atoms with E-state index in [4.69, 9.17) is 14.2 Å². The van der Waals surface area contributed by atoms with Gasteiger partial charge in [-0.1, -0.05) is 0 Å². The minimum absolute atomic E-state index is 0.0613. The Morgan fingerprint density at radius 3 is 3.04 bits per heavy atom. The maximum atomic E-state index is 12.3. The number of benzene rings is 1. The number of anilines is 1. The molecule has 2 aliphatic heterocycles. The van der Waals surface area contributed by atoms with Gasteiger partial charge in [-0.2, -0.15) is 0 Å². The number of nitrogens with one attached hydrogen (secondary N) is 2. The summed E-state index contributed by atoms with van der Waals surface area (Å²) < 4.78 is 43.1. The summed E-state index contributed by atoms with van der Waals surface area (Å²) in [5, 5.41) is 2.59. The third-order valence-corrected chi connectivity index (χ3v) is 5.22. The molecule has 3 rings (SSSR count). The first-order chi connectivity index (χ1) is 11.5. The van der Waals surface area contributed by atoms with Gasteiger partial charge < -0.3 is 19.5 Å². The molecule has 0 unspecified atom stereocenters. The van der Waals surface area contributed by atoms with Gasteiger partial charge in [0.05, 0.1) is 29.9 Å². The first-order valence-electron chi connectivity index (χ1n) is 7.80. The molecule has 1 amide bonds. The zero-order valence-electron chi connectivity index (χ0n) is 13.1. The van der Waals surface area contributed by atoms with E-state index in [1.807, 2.05) is 0 Å². The van der Waals surface area contributed by atoms with Crippen LogP contribution in [0.1, 0.15) is 12.8 Å². The number of carbonyl (C=O) groups is 1. The number of sulfonamides is 1. The topological polar surface area (TPSA) is 103 Å². The average Bonchev–Trinajstić information content (AvgIpc) is 3.07. The zero-order chi connectivity index (χ0) is 17.0. The Kier molecular flexibility index (Phi) is 5.34. The van der Waals surface area contributed by atoms with Gasteiger partial charge in [-0.15, -0.1) is 0 Å². The molecule has 2 N–H and O–H groups in total. The van der Waals surface area contributed by atoms with Crippen molar-refractivity contribution < 1.29 is 27.4 Å². The second-order valence-electron chi connectivity index (χ2n) is 5.60. The minimum atomic E-state index is -3.68. The lowest BCUT2D eigenvalue weighted by molar-refractivity contribution is -0.118. The maximum absolute atomic E-state index is 12.3. The lowest BCUT2D eigenvalue weighted by Gasteiger charge is -2.18. The Bertz CT molecular complexity index is 700. The molecule has 24 heavy (non-hydrogen) atoms. The number of rotatable bonds is 7. The predicted octanol–water partition coefficient (Wildman–Crippen LogP) is 0.491. The fraction of sp³-hybridized carbons (Fsp3) is 0.533. The molecule has 0 aromatic heterocycles. The lowest BCUT2D eigenvalue weighted by atomic mass is 10.2. The van der Waals surface area contributed by atoms with E-state index in [0.29, 0.717) is 18.0 Å². The highest BCUT2D eigenvalue weighted by molar-refractivity contribution is 7.89. The van der Waals surface area contributed by atoms with E-state index in [0.717, 1.165) is 19.4 Å². The molecule has 2 heterocycles. The van der Waals surface area contributed by atoms with E-state index in [1.54, 1.807) is 0 Å². The van der Waals surface area contributed by atoms with Crippen LogP contribution in [-0.2, 0) is 24.3 Å². The van der Waals surface area contributed by atoms with Crippen molar-refractivity contribution >= 4 is 21.6 Å². The fourth-order valence-corrected chi connectivity index (χ4v) is 3.59. The number of ether oxygens (including phenoxy) is 3. The van der Waals surface area contributed by atoms with Crippen molar-refractivity contribution in [3.63, 3.8) is 0 Å². The van der Waals surface area contributed by atoms with Gasteiger partial charge in [0, 0.05) is 13.2 Å². The number of hydrogen-bond acceptors (Lipinski definition) is 6. The van der Waals surface area contributed by atoms with E-state index in [1.165, 1.54) is 18.2 Å². The summed E-state index contributed by atoms with van der Waals surface area (Å²) in [7, 11) is -3.68. The SMILES string of the molecule is O=C1COc2ccc(S(=O)(=O)NCCOC[C@H]3CCCO3)cc2N1. The number of carbonyl (C=O) groups excluding carboxylic acids is 1. The molecular weight excluding hydrogens is 336 g/mol. The van der Waals surface area contributed by atoms with Gasteiger partial charge in [-0.3, -0.25) is 4.79 Å². The molecule has 2 aliphatic rings. The van der Waals surface area contributed by atoms with Crippen LogP contribution in [0.4, 0.5) is 5.69 Å². The third kappa shape index (κ3) is 4.23. The van der Waals surface area contributed by atoms with Gasteiger partial charge in [0.15, 0.2) is 6.61 Å². The molecule has 9 heteroatoms. The summed E-state index contributed by atoms with van der Waals surface area (Å²) >= 11 is 0. The van der Waals surface area contributed by atoms with Gasteiger partial charge in [-0.25, -0.2) is 13.1 Å². The van der Waals surface area contributed by atoms with Crippen LogP contribution in [0.25, 0.3) is 0 Å². The Morgan fingerprint density at radius 2 is 2.25 bits per heavy atom. The molecule has 0 bridgehead atoms. The van der Waals surface area contributed by atoms with Crippen LogP contribution in [0.2, 0.25) is 0 Å². The van der Waals surface area contributed by atoms with E-state index in [9.17, 15) is 13.2 Å². The summed E-state index contributed by atoms with van der Waals surface area (Å²) in [6.45, 7) is 1.60. The first kappa shape index (κ1) is 17.2.